The van der Waals surface area contributed by atoms with E-state index in [-0.39, 0.29) is 18.2 Å². The molecule has 0 amide bonds. The number of rotatable bonds is 4. The Kier molecular flexibility index (Phi) is 5.07. The van der Waals surface area contributed by atoms with Gasteiger partial charge >= 0.3 is 35.9 Å². The Morgan fingerprint density at radius 2 is 0.808 bits per heavy atom. The quantitative estimate of drug-likeness (QED) is 0.616. The van der Waals surface area contributed by atoms with Gasteiger partial charge in [-0.05, 0) is 6.07 Å². The van der Waals surface area contributed by atoms with Crippen molar-refractivity contribution in [2.24, 2.45) is 0 Å². The van der Waals surface area contributed by atoms with Crippen LogP contribution in [0, 0.1) is 0 Å². The van der Waals surface area contributed by atoms with Gasteiger partial charge in [0.25, 0.3) is 0 Å². The molecule has 0 bridgehead atoms. The van der Waals surface area contributed by atoms with Crippen molar-refractivity contribution in [3.05, 3.63) is 35.4 Å². The first kappa shape index (κ1) is 22.3. The average Bonchev–Trinajstić information content (AvgIpc) is 2.44. The van der Waals surface area contributed by atoms with Gasteiger partial charge in [0.15, 0.2) is 0 Å². The first-order valence-corrected chi connectivity index (χ1v) is 6.00. The fraction of sp³-hybridized carbons (Fsp3) is 0.500. The summed E-state index contributed by atoms with van der Waals surface area (Å²) in [5.74, 6) is -25.3. The van der Waals surface area contributed by atoms with Crippen LogP contribution in [0.5, 0.6) is 0 Å². The van der Waals surface area contributed by atoms with Crippen molar-refractivity contribution in [2.45, 2.75) is 35.9 Å². The molecule has 2 unspecified atom stereocenters. The molecule has 0 N–H and O–H groups in total. The van der Waals surface area contributed by atoms with Crippen molar-refractivity contribution in [2.75, 3.05) is 0 Å². The summed E-state index contributed by atoms with van der Waals surface area (Å²) in [6, 6.07) is -1.33. The van der Waals surface area contributed by atoms with Crippen LogP contribution in [0.2, 0.25) is 0 Å². The molecule has 0 saturated heterocycles. The third-order valence-corrected chi connectivity index (χ3v) is 3.12. The first-order valence-electron chi connectivity index (χ1n) is 6.00. The molecular formula is C12H4F12O2. The van der Waals surface area contributed by atoms with Gasteiger partial charge in [0, 0.05) is 11.1 Å². The number of halogens is 12. The van der Waals surface area contributed by atoms with E-state index in [0.717, 1.165) is 0 Å². The monoisotopic (exact) mass is 408 g/mol. The van der Waals surface area contributed by atoms with E-state index in [2.05, 4.69) is 0 Å². The van der Waals surface area contributed by atoms with Crippen LogP contribution in [0.3, 0.4) is 0 Å². The van der Waals surface area contributed by atoms with Gasteiger partial charge in [-0.3, -0.25) is 0 Å². The highest BCUT2D eigenvalue weighted by Gasteiger charge is 2.75. The molecule has 26 heavy (non-hydrogen) atoms. The van der Waals surface area contributed by atoms with Crippen LogP contribution in [0.4, 0.5) is 52.7 Å². The molecule has 2 radical (unpaired) electrons. The molecule has 1 aromatic carbocycles. The molecular weight excluding hydrogens is 404 g/mol. The molecule has 1 aromatic rings. The third kappa shape index (κ3) is 3.19. The molecule has 0 aromatic heterocycles. The molecule has 2 nitrogen and oxygen atoms in total. The van der Waals surface area contributed by atoms with E-state index in [4.69, 9.17) is 0 Å². The molecule has 0 saturated carbocycles. The second-order valence-electron chi connectivity index (χ2n) is 4.92. The summed E-state index contributed by atoms with van der Waals surface area (Å²) < 4.78 is 153. The van der Waals surface area contributed by atoms with E-state index < -0.39 is 53.1 Å². The lowest BCUT2D eigenvalue weighted by molar-refractivity contribution is -0.412. The van der Waals surface area contributed by atoms with Gasteiger partial charge in [0.1, 0.15) is 0 Å². The predicted octanol–water partition coefficient (Wildman–Crippen LogP) is 5.19. The second kappa shape index (κ2) is 5.90. The van der Waals surface area contributed by atoms with E-state index in [9.17, 15) is 62.9 Å². The summed E-state index contributed by atoms with van der Waals surface area (Å²) in [4.78, 5) is 0. The van der Waals surface area contributed by atoms with Crippen LogP contribution in [0.25, 0.3) is 0 Å². The predicted molar refractivity (Wildman–Crippen MR) is 55.4 cm³/mol. The number of benzene rings is 1. The van der Waals surface area contributed by atoms with Crippen molar-refractivity contribution in [1.29, 1.82) is 0 Å². The Morgan fingerprint density at radius 1 is 0.538 bits per heavy atom. The summed E-state index contributed by atoms with van der Waals surface area (Å²) in [5, 5.41) is 21.2. The molecule has 0 fully saturated rings. The minimum Gasteiger partial charge on any atom is -0.194 e. The van der Waals surface area contributed by atoms with Gasteiger partial charge in [-0.2, -0.15) is 62.9 Å². The molecule has 1 rings (SSSR count). The molecule has 2 atom stereocenters. The molecule has 0 spiro atoms. The lowest BCUT2D eigenvalue weighted by Crippen LogP contribution is -2.53. The smallest absolute Gasteiger partial charge is 0.194 e. The maximum absolute atomic E-state index is 13.5. The van der Waals surface area contributed by atoms with Crippen LogP contribution >= 0.6 is 0 Å². The minimum atomic E-state index is -6.75. The molecule has 0 aliphatic rings. The lowest BCUT2D eigenvalue weighted by Gasteiger charge is -2.31. The Balaban J connectivity index is 3.54. The number of alkyl halides is 12. The van der Waals surface area contributed by atoms with Gasteiger partial charge in [0.2, 0.25) is 0 Å². The largest absolute Gasteiger partial charge is 0.458 e. The second-order valence-corrected chi connectivity index (χ2v) is 4.92. The average molecular weight is 408 g/mol. The summed E-state index contributed by atoms with van der Waals surface area (Å²) in [5.41, 5.74) is -4.88. The highest BCUT2D eigenvalue weighted by atomic mass is 19.4. The Hall–Kier alpha value is -1.70. The summed E-state index contributed by atoms with van der Waals surface area (Å²) in [6.45, 7) is 0. The third-order valence-electron chi connectivity index (χ3n) is 3.12. The summed E-state index contributed by atoms with van der Waals surface area (Å²) in [7, 11) is 0. The zero-order chi connectivity index (χ0) is 21.0. The van der Waals surface area contributed by atoms with Gasteiger partial charge in [-0.25, -0.2) is 0 Å². The van der Waals surface area contributed by atoms with Crippen molar-refractivity contribution in [1.82, 2.24) is 0 Å². The van der Waals surface area contributed by atoms with Gasteiger partial charge in [-0.1, -0.05) is 18.2 Å². The summed E-state index contributed by atoms with van der Waals surface area (Å²) >= 11 is 0. The van der Waals surface area contributed by atoms with Gasteiger partial charge < -0.3 is 0 Å². The zero-order valence-corrected chi connectivity index (χ0v) is 11.7. The van der Waals surface area contributed by atoms with E-state index in [1.54, 1.807) is 0 Å². The van der Waals surface area contributed by atoms with Crippen LogP contribution in [-0.2, 0) is 22.1 Å². The highest BCUT2D eigenvalue weighted by molar-refractivity contribution is 5.33. The number of hydrogen-bond acceptors (Lipinski definition) is 0. The molecule has 0 aliphatic heterocycles. The van der Waals surface area contributed by atoms with Crippen molar-refractivity contribution in [3.8, 4) is 0 Å². The van der Waals surface area contributed by atoms with E-state index in [1.165, 1.54) is 0 Å². The Bertz CT molecular complexity index is 606. The van der Waals surface area contributed by atoms with Crippen molar-refractivity contribution < 1.29 is 62.9 Å². The normalized spacial score (nSPS) is 19.0. The Labute approximate surface area is 135 Å². The van der Waals surface area contributed by atoms with E-state index in [0.29, 0.717) is 0 Å². The maximum atomic E-state index is 13.5. The van der Waals surface area contributed by atoms with Crippen LogP contribution in [-0.4, -0.2) is 24.1 Å². The fourth-order valence-electron chi connectivity index (χ4n) is 1.64. The van der Waals surface area contributed by atoms with Gasteiger partial charge in [-0.15, -0.1) is 0 Å². The standard InChI is InChI=1S/C12H4F12O2/c13-7(14,9(17,25)11(19,20)21)5-2-1-3-6(4-5)8(15,16)10(18,26)12(22,23)24/h1-4H. The van der Waals surface area contributed by atoms with Crippen LogP contribution in [0.15, 0.2) is 24.3 Å². The highest BCUT2D eigenvalue weighted by Crippen LogP contribution is 2.52. The van der Waals surface area contributed by atoms with Crippen LogP contribution < -0.4 is 0 Å². The van der Waals surface area contributed by atoms with Crippen molar-refractivity contribution >= 4 is 0 Å². The fourth-order valence-corrected chi connectivity index (χ4v) is 1.64. The van der Waals surface area contributed by atoms with Crippen LogP contribution in [0.1, 0.15) is 11.1 Å². The molecule has 148 valence electrons. The van der Waals surface area contributed by atoms with E-state index >= 15 is 0 Å². The number of hydrogen-bond donors (Lipinski definition) is 0. The van der Waals surface area contributed by atoms with E-state index in [1.807, 2.05) is 0 Å². The minimum absolute atomic E-state index is 0.0363. The SMILES string of the molecule is [O]C(F)(C(F)(F)F)C(F)(F)c1cccc(C(F)(F)C([O])(F)C(F)(F)F)c1. The molecule has 0 aliphatic carbocycles. The maximum Gasteiger partial charge on any atom is 0.458 e. The molecule has 14 heteroatoms. The van der Waals surface area contributed by atoms with Crippen molar-refractivity contribution in [3.63, 3.8) is 0 Å². The Morgan fingerprint density at radius 3 is 1.04 bits per heavy atom. The van der Waals surface area contributed by atoms with Gasteiger partial charge in [0.05, 0.1) is 0 Å². The first-order chi connectivity index (χ1) is 11.2. The lowest BCUT2D eigenvalue weighted by atomic mass is 9.94. The zero-order valence-electron chi connectivity index (χ0n) is 11.7. The summed E-state index contributed by atoms with van der Waals surface area (Å²) in [6.07, 6.45) is -13.5. The topological polar surface area (TPSA) is 39.8 Å². The molecule has 0 heterocycles.